The number of guanidine groups is 1. The minimum Gasteiger partial charge on any atom is -0.377 e. The van der Waals surface area contributed by atoms with E-state index >= 15 is 0 Å². The van der Waals surface area contributed by atoms with E-state index in [2.05, 4.69) is 38.7 Å². The first-order chi connectivity index (χ1) is 10.7. The molecule has 1 aromatic rings. The lowest BCUT2D eigenvalue weighted by Crippen LogP contribution is -2.72. The second-order valence-corrected chi connectivity index (χ2v) is 7.06. The molecule has 1 aromatic heterocycles. The van der Waals surface area contributed by atoms with Crippen molar-refractivity contribution in [1.82, 2.24) is 15.2 Å². The molecule has 2 N–H and O–H groups in total. The van der Waals surface area contributed by atoms with E-state index in [0.29, 0.717) is 23.5 Å². The highest BCUT2D eigenvalue weighted by Gasteiger charge is 2.66. The molecule has 1 spiro atoms. The number of fused-ring (bicyclic) bond motifs is 2. The van der Waals surface area contributed by atoms with Crippen molar-refractivity contribution in [1.29, 1.82) is 0 Å². The van der Waals surface area contributed by atoms with Crippen LogP contribution in [0.4, 0.5) is 0 Å². The van der Waals surface area contributed by atoms with Crippen LogP contribution < -0.4 is 10.6 Å². The summed E-state index contributed by atoms with van der Waals surface area (Å²) in [6.45, 7) is 1.75. The molecule has 0 aromatic carbocycles. The molecule has 120 valence electrons. The second-order valence-electron chi connectivity index (χ2n) is 7.06. The fraction of sp³-hybridized carbons (Fsp3) is 0.706. The van der Waals surface area contributed by atoms with Crippen molar-refractivity contribution in [3.8, 4) is 0 Å². The predicted molar refractivity (Wildman–Crippen MR) is 86.7 cm³/mol. The number of ether oxygens (including phenoxy) is 1. The van der Waals surface area contributed by atoms with E-state index in [9.17, 15) is 0 Å². The van der Waals surface area contributed by atoms with Crippen molar-refractivity contribution in [2.75, 3.05) is 13.7 Å². The zero-order chi connectivity index (χ0) is 15.2. The molecule has 5 heteroatoms. The van der Waals surface area contributed by atoms with Crippen LogP contribution in [0.2, 0.25) is 0 Å². The number of hydrogen-bond donors (Lipinski definition) is 2. The Morgan fingerprint density at radius 2 is 2.36 bits per heavy atom. The predicted octanol–water partition coefficient (Wildman–Crippen LogP) is 1.65. The van der Waals surface area contributed by atoms with Gasteiger partial charge in [-0.1, -0.05) is 6.42 Å². The number of nitrogens with one attached hydrogen (secondary N) is 2. The van der Waals surface area contributed by atoms with Gasteiger partial charge in [0.2, 0.25) is 0 Å². The van der Waals surface area contributed by atoms with Crippen LogP contribution in [0.1, 0.15) is 31.2 Å². The summed E-state index contributed by atoms with van der Waals surface area (Å²) in [6, 6.07) is 2.67. The van der Waals surface area contributed by atoms with Gasteiger partial charge < -0.3 is 19.9 Å². The summed E-state index contributed by atoms with van der Waals surface area (Å²) in [5, 5.41) is 7.15. The molecule has 1 saturated heterocycles. The molecule has 3 fully saturated rings. The lowest BCUT2D eigenvalue weighted by Gasteiger charge is -2.63. The van der Waals surface area contributed by atoms with Gasteiger partial charge in [0.05, 0.1) is 6.10 Å². The molecule has 3 unspecified atom stereocenters. The highest BCUT2D eigenvalue weighted by Crippen LogP contribution is 2.62. The molecule has 3 atom stereocenters. The Kier molecular flexibility index (Phi) is 3.40. The lowest BCUT2D eigenvalue weighted by molar-refractivity contribution is -0.171. The Balaban J connectivity index is 1.38. The van der Waals surface area contributed by atoms with Crippen molar-refractivity contribution in [2.45, 2.75) is 44.4 Å². The fourth-order valence-corrected chi connectivity index (χ4v) is 4.65. The first kappa shape index (κ1) is 14.1. The number of aryl methyl sites for hydroxylation is 1. The average molecular weight is 302 g/mol. The Bertz CT molecular complexity index is 575. The standard InChI is InChI=1S/C17H26N4O/c1-18-16(19-10-12-4-8-21(2)11-12)20-14-13-5-9-22-15(13)17(14)6-3-7-17/h4,8,11,13-15H,3,5-7,9-10H2,1-2H3,(H2,18,19,20). The first-order valence-corrected chi connectivity index (χ1v) is 8.42. The monoisotopic (exact) mass is 302 g/mol. The van der Waals surface area contributed by atoms with Crippen molar-refractivity contribution >= 4 is 5.96 Å². The van der Waals surface area contributed by atoms with Gasteiger partial charge in [0.1, 0.15) is 0 Å². The van der Waals surface area contributed by atoms with Crippen molar-refractivity contribution in [2.24, 2.45) is 23.4 Å². The van der Waals surface area contributed by atoms with Crippen LogP contribution in [0.3, 0.4) is 0 Å². The summed E-state index contributed by atoms with van der Waals surface area (Å²) in [4.78, 5) is 4.42. The minimum atomic E-state index is 0.394. The number of aromatic nitrogens is 1. The zero-order valence-corrected chi connectivity index (χ0v) is 13.5. The van der Waals surface area contributed by atoms with Gasteiger partial charge in [-0.2, -0.15) is 0 Å². The topological polar surface area (TPSA) is 50.6 Å². The van der Waals surface area contributed by atoms with Gasteiger partial charge >= 0.3 is 0 Å². The fourth-order valence-electron chi connectivity index (χ4n) is 4.65. The van der Waals surface area contributed by atoms with Gasteiger partial charge in [0.25, 0.3) is 0 Å². The van der Waals surface area contributed by atoms with E-state index in [-0.39, 0.29) is 0 Å². The van der Waals surface area contributed by atoms with Crippen molar-refractivity contribution in [3.63, 3.8) is 0 Å². The Hall–Kier alpha value is -1.49. The van der Waals surface area contributed by atoms with Gasteiger partial charge in [0, 0.05) is 57.0 Å². The molecule has 4 rings (SSSR count). The van der Waals surface area contributed by atoms with Gasteiger partial charge in [-0.25, -0.2) is 0 Å². The SMILES string of the molecule is CN=C(NCc1ccn(C)c1)NC1C2CCOC2C12CCC2. The second kappa shape index (κ2) is 5.30. The van der Waals surface area contributed by atoms with Crippen LogP contribution in [0, 0.1) is 11.3 Å². The molecule has 0 bridgehead atoms. The van der Waals surface area contributed by atoms with Crippen molar-refractivity contribution < 1.29 is 4.74 Å². The first-order valence-electron chi connectivity index (χ1n) is 8.42. The number of rotatable bonds is 3. The Morgan fingerprint density at radius 3 is 3.00 bits per heavy atom. The van der Waals surface area contributed by atoms with Crippen LogP contribution in [-0.4, -0.2) is 36.3 Å². The van der Waals surface area contributed by atoms with E-state index in [0.717, 1.165) is 19.1 Å². The van der Waals surface area contributed by atoms with Gasteiger partial charge in [-0.05, 0) is 30.9 Å². The molecule has 1 aliphatic heterocycles. The summed E-state index contributed by atoms with van der Waals surface area (Å²) < 4.78 is 8.06. The lowest BCUT2D eigenvalue weighted by atomic mass is 9.46. The molecule has 22 heavy (non-hydrogen) atoms. The maximum absolute atomic E-state index is 5.98. The highest BCUT2D eigenvalue weighted by atomic mass is 16.5. The van der Waals surface area contributed by atoms with E-state index in [4.69, 9.17) is 4.74 Å². The summed E-state index contributed by atoms with van der Waals surface area (Å²) in [5.41, 5.74) is 1.67. The molecule has 2 heterocycles. The maximum atomic E-state index is 5.98. The number of nitrogens with zero attached hydrogens (tertiary/aromatic N) is 2. The molecule has 5 nitrogen and oxygen atoms in total. The Morgan fingerprint density at radius 1 is 1.50 bits per heavy atom. The summed E-state index contributed by atoms with van der Waals surface area (Å²) in [7, 11) is 3.90. The third kappa shape index (κ3) is 2.06. The van der Waals surface area contributed by atoms with Crippen LogP contribution in [0.25, 0.3) is 0 Å². The van der Waals surface area contributed by atoms with Crippen LogP contribution in [0.15, 0.2) is 23.5 Å². The van der Waals surface area contributed by atoms with Gasteiger partial charge in [0.15, 0.2) is 5.96 Å². The molecule has 2 aliphatic carbocycles. The summed E-state index contributed by atoms with van der Waals surface area (Å²) in [5.74, 6) is 1.60. The summed E-state index contributed by atoms with van der Waals surface area (Å²) >= 11 is 0. The third-order valence-corrected chi connectivity index (χ3v) is 5.91. The minimum absolute atomic E-state index is 0.394. The molecule has 3 aliphatic rings. The van der Waals surface area contributed by atoms with Crippen LogP contribution in [0.5, 0.6) is 0 Å². The molecule has 0 amide bonds. The summed E-state index contributed by atoms with van der Waals surface area (Å²) in [6.07, 6.45) is 9.87. The van der Waals surface area contributed by atoms with E-state index in [1.807, 2.05) is 14.1 Å². The molecular weight excluding hydrogens is 276 g/mol. The van der Waals surface area contributed by atoms with Gasteiger partial charge in [-0.3, -0.25) is 4.99 Å². The van der Waals surface area contributed by atoms with Crippen molar-refractivity contribution in [3.05, 3.63) is 24.0 Å². The van der Waals surface area contributed by atoms with E-state index < -0.39 is 0 Å². The highest BCUT2D eigenvalue weighted by molar-refractivity contribution is 5.80. The maximum Gasteiger partial charge on any atom is 0.191 e. The Labute approximate surface area is 132 Å². The third-order valence-electron chi connectivity index (χ3n) is 5.91. The smallest absolute Gasteiger partial charge is 0.191 e. The van der Waals surface area contributed by atoms with Crippen LogP contribution in [-0.2, 0) is 18.3 Å². The largest absolute Gasteiger partial charge is 0.377 e. The molecule has 0 radical (unpaired) electrons. The number of hydrogen-bond acceptors (Lipinski definition) is 2. The molecule has 2 saturated carbocycles. The van der Waals surface area contributed by atoms with Crippen LogP contribution >= 0.6 is 0 Å². The van der Waals surface area contributed by atoms with E-state index in [1.165, 1.54) is 31.2 Å². The van der Waals surface area contributed by atoms with E-state index in [1.54, 1.807) is 0 Å². The molecular formula is C17H26N4O. The normalized spacial score (nSPS) is 32.3. The number of aliphatic imine (C=N–C) groups is 1. The van der Waals surface area contributed by atoms with Gasteiger partial charge in [-0.15, -0.1) is 0 Å². The average Bonchev–Trinajstić information content (AvgIpc) is 3.05. The zero-order valence-electron chi connectivity index (χ0n) is 13.5. The quantitative estimate of drug-likeness (QED) is 0.659.